The third kappa shape index (κ3) is 3.61. The Hall–Kier alpha value is -1.76. The average molecular weight is 347 g/mol. The number of rotatable bonds is 4. The maximum atomic E-state index is 12.6. The SMILES string of the molecule is CC1(c2ccccc2)CC(=O)N(CC(O)C2(O)CCOCC2)C(=O)C1. The van der Waals surface area contributed by atoms with E-state index in [-0.39, 0.29) is 31.2 Å². The molecule has 25 heavy (non-hydrogen) atoms. The van der Waals surface area contributed by atoms with Gasteiger partial charge in [-0.25, -0.2) is 0 Å². The van der Waals surface area contributed by atoms with Crippen LogP contribution in [0.2, 0.25) is 0 Å². The Morgan fingerprint density at radius 2 is 1.68 bits per heavy atom. The Morgan fingerprint density at radius 3 is 2.24 bits per heavy atom. The van der Waals surface area contributed by atoms with Crippen molar-refractivity contribution in [3.8, 4) is 0 Å². The lowest BCUT2D eigenvalue weighted by atomic mass is 9.74. The fourth-order valence-electron chi connectivity index (χ4n) is 3.71. The molecule has 1 aromatic carbocycles. The van der Waals surface area contributed by atoms with Gasteiger partial charge in [0.15, 0.2) is 0 Å². The van der Waals surface area contributed by atoms with Crippen molar-refractivity contribution in [2.75, 3.05) is 19.8 Å². The first kappa shape index (κ1) is 18.0. The van der Waals surface area contributed by atoms with Crippen LogP contribution in [-0.2, 0) is 19.7 Å². The van der Waals surface area contributed by atoms with Gasteiger partial charge in [0.25, 0.3) is 0 Å². The molecule has 2 aliphatic rings. The summed E-state index contributed by atoms with van der Waals surface area (Å²) in [6.45, 7) is 2.47. The van der Waals surface area contributed by atoms with Crippen LogP contribution in [0.25, 0.3) is 0 Å². The molecule has 2 saturated heterocycles. The van der Waals surface area contributed by atoms with Crippen LogP contribution in [0, 0.1) is 0 Å². The summed E-state index contributed by atoms with van der Waals surface area (Å²) in [7, 11) is 0. The maximum absolute atomic E-state index is 12.6. The van der Waals surface area contributed by atoms with E-state index < -0.39 is 17.1 Å². The molecule has 2 aliphatic heterocycles. The summed E-state index contributed by atoms with van der Waals surface area (Å²) in [5.74, 6) is -0.616. The van der Waals surface area contributed by atoms with E-state index in [0.717, 1.165) is 10.5 Å². The van der Waals surface area contributed by atoms with Gasteiger partial charge in [0.1, 0.15) is 6.10 Å². The van der Waals surface area contributed by atoms with Crippen molar-refractivity contribution in [3.05, 3.63) is 35.9 Å². The number of aliphatic hydroxyl groups is 2. The predicted molar refractivity (Wildman–Crippen MR) is 90.8 cm³/mol. The third-order valence-electron chi connectivity index (χ3n) is 5.49. The normalized spacial score (nSPS) is 24.2. The van der Waals surface area contributed by atoms with E-state index in [9.17, 15) is 19.8 Å². The second-order valence-corrected chi connectivity index (χ2v) is 7.41. The minimum absolute atomic E-state index is 0.168. The van der Waals surface area contributed by atoms with Crippen LogP contribution in [0.1, 0.15) is 38.2 Å². The lowest BCUT2D eigenvalue weighted by Crippen LogP contribution is -2.56. The minimum Gasteiger partial charge on any atom is -0.388 e. The zero-order valence-corrected chi connectivity index (χ0v) is 14.5. The summed E-state index contributed by atoms with van der Waals surface area (Å²) in [5, 5.41) is 21.0. The highest BCUT2D eigenvalue weighted by Gasteiger charge is 2.45. The number of ether oxygens (including phenoxy) is 1. The molecule has 3 rings (SSSR count). The number of β-amino-alcohol motifs (C(OH)–C–C–N with tert-alkyl or cyclic N) is 1. The van der Waals surface area contributed by atoms with E-state index in [1.54, 1.807) is 0 Å². The summed E-state index contributed by atoms with van der Waals surface area (Å²) in [5.41, 5.74) is -0.884. The van der Waals surface area contributed by atoms with Crippen molar-refractivity contribution in [2.24, 2.45) is 0 Å². The van der Waals surface area contributed by atoms with Crippen molar-refractivity contribution in [2.45, 2.75) is 49.7 Å². The van der Waals surface area contributed by atoms with Crippen molar-refractivity contribution in [3.63, 3.8) is 0 Å². The van der Waals surface area contributed by atoms with Crippen LogP contribution >= 0.6 is 0 Å². The Kier molecular flexibility index (Phi) is 4.95. The van der Waals surface area contributed by atoms with Crippen molar-refractivity contribution >= 4 is 11.8 Å². The van der Waals surface area contributed by atoms with Crippen molar-refractivity contribution < 1.29 is 24.5 Å². The van der Waals surface area contributed by atoms with E-state index in [0.29, 0.717) is 26.1 Å². The quantitative estimate of drug-likeness (QED) is 0.794. The number of likely N-dealkylation sites (tertiary alicyclic amines) is 1. The second-order valence-electron chi connectivity index (χ2n) is 7.41. The molecule has 6 heteroatoms. The van der Waals surface area contributed by atoms with Gasteiger partial charge in [-0.3, -0.25) is 14.5 Å². The molecule has 1 atom stereocenters. The summed E-state index contributed by atoms with van der Waals surface area (Å²) in [6.07, 6.45) is -0.155. The molecule has 1 unspecified atom stereocenters. The highest BCUT2D eigenvalue weighted by Crippen LogP contribution is 2.36. The van der Waals surface area contributed by atoms with Gasteiger partial charge in [-0.15, -0.1) is 0 Å². The molecule has 0 aliphatic carbocycles. The number of imide groups is 1. The number of hydrogen-bond acceptors (Lipinski definition) is 5. The molecule has 2 heterocycles. The Labute approximate surface area is 147 Å². The van der Waals surface area contributed by atoms with Crippen LogP contribution < -0.4 is 0 Å². The van der Waals surface area contributed by atoms with Gasteiger partial charge in [0.2, 0.25) is 11.8 Å². The first-order valence-corrected chi connectivity index (χ1v) is 8.71. The van der Waals surface area contributed by atoms with Crippen molar-refractivity contribution in [1.29, 1.82) is 0 Å². The maximum Gasteiger partial charge on any atom is 0.230 e. The standard InChI is InChI=1S/C19H25NO5/c1-18(14-5-3-2-4-6-14)11-16(22)20(17(23)12-18)13-15(21)19(24)7-9-25-10-8-19/h2-6,15,21,24H,7-13H2,1H3. The highest BCUT2D eigenvalue weighted by molar-refractivity contribution is 5.99. The Balaban J connectivity index is 1.71. The van der Waals surface area contributed by atoms with Crippen LogP contribution in [-0.4, -0.2) is 58.4 Å². The van der Waals surface area contributed by atoms with Gasteiger partial charge < -0.3 is 14.9 Å². The van der Waals surface area contributed by atoms with E-state index >= 15 is 0 Å². The Bertz CT molecular complexity index is 620. The van der Waals surface area contributed by atoms with Gasteiger partial charge in [-0.05, 0) is 5.56 Å². The highest BCUT2D eigenvalue weighted by atomic mass is 16.5. The number of nitrogens with zero attached hydrogens (tertiary/aromatic N) is 1. The predicted octanol–water partition coefficient (Wildman–Crippen LogP) is 0.996. The molecule has 1 aromatic rings. The van der Waals surface area contributed by atoms with E-state index in [1.807, 2.05) is 37.3 Å². The first-order valence-electron chi connectivity index (χ1n) is 8.71. The molecule has 2 fully saturated rings. The Morgan fingerprint density at radius 1 is 1.12 bits per heavy atom. The van der Waals surface area contributed by atoms with Crippen molar-refractivity contribution in [1.82, 2.24) is 4.90 Å². The molecule has 2 amide bonds. The largest absolute Gasteiger partial charge is 0.388 e. The molecular weight excluding hydrogens is 322 g/mol. The molecule has 0 saturated carbocycles. The third-order valence-corrected chi connectivity index (χ3v) is 5.49. The number of piperidine rings is 1. The van der Waals surface area contributed by atoms with Gasteiger partial charge >= 0.3 is 0 Å². The molecular formula is C19H25NO5. The second kappa shape index (κ2) is 6.86. The molecule has 0 radical (unpaired) electrons. The van der Waals surface area contributed by atoms with Gasteiger partial charge in [-0.2, -0.15) is 0 Å². The van der Waals surface area contributed by atoms with E-state index in [2.05, 4.69) is 0 Å². The molecule has 0 aromatic heterocycles. The zero-order valence-electron chi connectivity index (χ0n) is 14.5. The first-order chi connectivity index (χ1) is 11.8. The number of carbonyl (C=O) groups excluding carboxylic acids is 2. The fraction of sp³-hybridized carbons (Fsp3) is 0.579. The van der Waals surface area contributed by atoms with Crippen LogP contribution in [0.3, 0.4) is 0 Å². The summed E-state index contributed by atoms with van der Waals surface area (Å²) < 4.78 is 5.21. The lowest BCUT2D eigenvalue weighted by molar-refractivity contribution is -0.162. The molecule has 0 spiro atoms. The fourth-order valence-corrected chi connectivity index (χ4v) is 3.71. The smallest absolute Gasteiger partial charge is 0.230 e. The van der Waals surface area contributed by atoms with Gasteiger partial charge in [-0.1, -0.05) is 37.3 Å². The summed E-state index contributed by atoms with van der Waals surface area (Å²) in [6, 6.07) is 9.54. The minimum atomic E-state index is -1.31. The number of benzene rings is 1. The van der Waals surface area contributed by atoms with E-state index in [1.165, 1.54) is 0 Å². The topological polar surface area (TPSA) is 87.1 Å². The van der Waals surface area contributed by atoms with Gasteiger partial charge in [0, 0.05) is 44.3 Å². The lowest BCUT2D eigenvalue weighted by Gasteiger charge is -2.41. The van der Waals surface area contributed by atoms with Gasteiger partial charge in [0.05, 0.1) is 12.1 Å². The van der Waals surface area contributed by atoms with Crippen LogP contribution in [0.5, 0.6) is 0 Å². The number of hydrogen-bond donors (Lipinski definition) is 2. The zero-order chi connectivity index (χ0) is 18.1. The average Bonchev–Trinajstić information content (AvgIpc) is 2.59. The summed E-state index contributed by atoms with van der Waals surface area (Å²) in [4.78, 5) is 26.3. The van der Waals surface area contributed by atoms with E-state index in [4.69, 9.17) is 4.74 Å². The summed E-state index contributed by atoms with van der Waals surface area (Å²) >= 11 is 0. The number of aliphatic hydroxyl groups excluding tert-OH is 1. The molecule has 2 N–H and O–H groups in total. The number of amides is 2. The van der Waals surface area contributed by atoms with Crippen LogP contribution in [0.4, 0.5) is 0 Å². The monoisotopic (exact) mass is 347 g/mol. The number of carbonyl (C=O) groups is 2. The molecule has 6 nitrogen and oxygen atoms in total. The van der Waals surface area contributed by atoms with Crippen LogP contribution in [0.15, 0.2) is 30.3 Å². The molecule has 0 bridgehead atoms. The molecule has 136 valence electrons.